The Labute approximate surface area is 136 Å². The summed E-state index contributed by atoms with van der Waals surface area (Å²) in [6.07, 6.45) is 2.85. The number of nitrogens with zero attached hydrogens (tertiary/aromatic N) is 2. The van der Waals surface area contributed by atoms with Crippen LogP contribution in [0.2, 0.25) is 0 Å². The van der Waals surface area contributed by atoms with Gasteiger partial charge in [-0.05, 0) is 44.9 Å². The standard InChI is InChI=1S/C16H31N3O2S/c1-14-10-15(2)12-19(11-14)16(3,4)13-18-22(20,21)9-7-5-6-8-17/h14-15,18H,5-7,9-13H2,1-4H3/t14-,15+. The van der Waals surface area contributed by atoms with Crippen LogP contribution in [-0.2, 0) is 10.0 Å². The van der Waals surface area contributed by atoms with Gasteiger partial charge in [0.15, 0.2) is 0 Å². The van der Waals surface area contributed by atoms with Crippen molar-refractivity contribution in [1.29, 1.82) is 5.26 Å². The molecule has 1 saturated heterocycles. The quantitative estimate of drug-likeness (QED) is 0.694. The molecule has 22 heavy (non-hydrogen) atoms. The number of unbranched alkanes of at least 4 members (excludes halogenated alkanes) is 2. The maximum absolute atomic E-state index is 12.0. The molecule has 1 rings (SSSR count). The van der Waals surface area contributed by atoms with Gasteiger partial charge in [0.05, 0.1) is 11.8 Å². The van der Waals surface area contributed by atoms with Crippen molar-refractivity contribution in [1.82, 2.24) is 9.62 Å². The van der Waals surface area contributed by atoms with E-state index in [2.05, 4.69) is 37.3 Å². The molecule has 128 valence electrons. The largest absolute Gasteiger partial charge is 0.296 e. The number of piperidine rings is 1. The van der Waals surface area contributed by atoms with E-state index in [1.165, 1.54) is 6.42 Å². The summed E-state index contributed by atoms with van der Waals surface area (Å²) in [6, 6.07) is 2.04. The summed E-state index contributed by atoms with van der Waals surface area (Å²) in [7, 11) is -3.25. The van der Waals surface area contributed by atoms with Crippen molar-refractivity contribution in [3.8, 4) is 6.07 Å². The van der Waals surface area contributed by atoms with Gasteiger partial charge in [0.2, 0.25) is 10.0 Å². The van der Waals surface area contributed by atoms with Crippen LogP contribution < -0.4 is 4.72 Å². The third-order valence-corrected chi connectivity index (χ3v) is 5.81. The van der Waals surface area contributed by atoms with Crippen molar-refractivity contribution in [3.63, 3.8) is 0 Å². The summed E-state index contributed by atoms with van der Waals surface area (Å²) in [5.41, 5.74) is -0.178. The maximum Gasteiger partial charge on any atom is 0.211 e. The SMILES string of the molecule is C[C@@H]1C[C@H](C)CN(C(C)(C)CNS(=O)(=O)CCCCC#N)C1. The number of nitrogens with one attached hydrogen (secondary N) is 1. The van der Waals surface area contributed by atoms with Crippen LogP contribution in [0.1, 0.15) is 53.4 Å². The summed E-state index contributed by atoms with van der Waals surface area (Å²) in [6.45, 7) is 11.2. The smallest absolute Gasteiger partial charge is 0.211 e. The zero-order valence-corrected chi connectivity index (χ0v) is 15.2. The lowest BCUT2D eigenvalue weighted by Gasteiger charge is -2.45. The van der Waals surface area contributed by atoms with Gasteiger partial charge in [-0.2, -0.15) is 5.26 Å². The molecule has 1 fully saturated rings. The van der Waals surface area contributed by atoms with E-state index < -0.39 is 10.0 Å². The summed E-state index contributed by atoms with van der Waals surface area (Å²) in [5, 5.41) is 8.47. The fraction of sp³-hybridized carbons (Fsp3) is 0.938. The van der Waals surface area contributed by atoms with E-state index in [1.807, 2.05) is 6.07 Å². The third kappa shape index (κ3) is 6.64. The first-order chi connectivity index (χ1) is 10.2. The fourth-order valence-corrected chi connectivity index (χ4v) is 4.43. The number of nitriles is 1. The summed E-state index contributed by atoms with van der Waals surface area (Å²) < 4.78 is 26.8. The molecule has 0 aromatic rings. The molecule has 0 saturated carbocycles. The monoisotopic (exact) mass is 329 g/mol. The van der Waals surface area contributed by atoms with Gasteiger partial charge in [-0.3, -0.25) is 4.90 Å². The van der Waals surface area contributed by atoms with Crippen LogP contribution in [0.4, 0.5) is 0 Å². The molecule has 1 aliphatic heterocycles. The minimum absolute atomic E-state index is 0.109. The molecule has 0 unspecified atom stereocenters. The number of likely N-dealkylation sites (tertiary alicyclic amines) is 1. The van der Waals surface area contributed by atoms with E-state index in [1.54, 1.807) is 0 Å². The van der Waals surface area contributed by atoms with Crippen molar-refractivity contribution in [2.45, 2.75) is 58.9 Å². The molecule has 0 aromatic carbocycles. The Bertz CT molecular complexity index is 472. The number of sulfonamides is 1. The zero-order chi connectivity index (χ0) is 16.8. The second-order valence-electron chi connectivity index (χ2n) is 7.42. The van der Waals surface area contributed by atoms with Crippen molar-refractivity contribution < 1.29 is 8.42 Å². The number of hydrogen-bond acceptors (Lipinski definition) is 4. The highest BCUT2D eigenvalue weighted by Crippen LogP contribution is 2.26. The van der Waals surface area contributed by atoms with Crippen LogP contribution in [0.25, 0.3) is 0 Å². The average Bonchev–Trinajstić information content (AvgIpc) is 2.41. The number of rotatable bonds is 8. The molecule has 0 aliphatic carbocycles. The molecule has 0 radical (unpaired) electrons. The van der Waals surface area contributed by atoms with E-state index in [9.17, 15) is 8.42 Å². The van der Waals surface area contributed by atoms with Crippen LogP contribution >= 0.6 is 0 Å². The topological polar surface area (TPSA) is 73.2 Å². The van der Waals surface area contributed by atoms with Crippen molar-refractivity contribution >= 4 is 10.0 Å². The Kier molecular flexibility index (Phi) is 7.30. The average molecular weight is 330 g/mol. The van der Waals surface area contributed by atoms with Gasteiger partial charge < -0.3 is 0 Å². The Morgan fingerprint density at radius 1 is 1.23 bits per heavy atom. The lowest BCUT2D eigenvalue weighted by molar-refractivity contribution is 0.0489. The van der Waals surface area contributed by atoms with Crippen molar-refractivity contribution in [2.75, 3.05) is 25.4 Å². The highest BCUT2D eigenvalue weighted by molar-refractivity contribution is 7.89. The minimum atomic E-state index is -3.25. The minimum Gasteiger partial charge on any atom is -0.296 e. The molecule has 1 aliphatic rings. The molecular formula is C16H31N3O2S. The van der Waals surface area contributed by atoms with Crippen LogP contribution in [-0.4, -0.2) is 44.2 Å². The summed E-state index contributed by atoms with van der Waals surface area (Å²) in [5.74, 6) is 1.42. The summed E-state index contributed by atoms with van der Waals surface area (Å²) >= 11 is 0. The Morgan fingerprint density at radius 2 is 1.82 bits per heavy atom. The van der Waals surface area contributed by atoms with Crippen molar-refractivity contribution in [2.24, 2.45) is 11.8 Å². The van der Waals surface area contributed by atoms with Gasteiger partial charge >= 0.3 is 0 Å². The van der Waals surface area contributed by atoms with E-state index in [0.29, 0.717) is 37.6 Å². The fourth-order valence-electron chi connectivity index (χ4n) is 3.12. The van der Waals surface area contributed by atoms with Crippen LogP contribution in [0, 0.1) is 23.2 Å². The molecule has 2 atom stereocenters. The predicted molar refractivity (Wildman–Crippen MR) is 89.9 cm³/mol. The molecule has 6 heteroatoms. The third-order valence-electron chi connectivity index (χ3n) is 4.40. The Morgan fingerprint density at radius 3 is 2.36 bits per heavy atom. The van der Waals surface area contributed by atoms with Gasteiger partial charge in [0.1, 0.15) is 0 Å². The highest BCUT2D eigenvalue weighted by atomic mass is 32.2. The molecule has 0 aromatic heterocycles. The first-order valence-electron chi connectivity index (χ1n) is 8.25. The Hall–Kier alpha value is -0.640. The molecule has 1 N–H and O–H groups in total. The van der Waals surface area contributed by atoms with E-state index >= 15 is 0 Å². The van der Waals surface area contributed by atoms with Gasteiger partial charge in [0.25, 0.3) is 0 Å². The van der Waals surface area contributed by atoms with Gasteiger partial charge in [0, 0.05) is 31.6 Å². The van der Waals surface area contributed by atoms with Crippen LogP contribution in [0.5, 0.6) is 0 Å². The zero-order valence-electron chi connectivity index (χ0n) is 14.4. The molecule has 0 amide bonds. The van der Waals surface area contributed by atoms with E-state index in [-0.39, 0.29) is 11.3 Å². The molecule has 0 bridgehead atoms. The van der Waals surface area contributed by atoms with Gasteiger partial charge in [-0.25, -0.2) is 13.1 Å². The predicted octanol–water partition coefficient (Wildman–Crippen LogP) is 2.36. The van der Waals surface area contributed by atoms with Crippen LogP contribution in [0.3, 0.4) is 0 Å². The van der Waals surface area contributed by atoms with Crippen molar-refractivity contribution in [3.05, 3.63) is 0 Å². The van der Waals surface area contributed by atoms with Crippen LogP contribution in [0.15, 0.2) is 0 Å². The van der Waals surface area contributed by atoms with E-state index in [4.69, 9.17) is 5.26 Å². The number of hydrogen-bond donors (Lipinski definition) is 1. The first kappa shape index (κ1) is 19.4. The molecule has 0 spiro atoms. The molecular weight excluding hydrogens is 298 g/mol. The van der Waals surface area contributed by atoms with Gasteiger partial charge in [-0.1, -0.05) is 13.8 Å². The molecule has 1 heterocycles. The molecule has 5 nitrogen and oxygen atoms in total. The summed E-state index contributed by atoms with van der Waals surface area (Å²) in [4.78, 5) is 2.41. The second kappa shape index (κ2) is 8.28. The Balaban J connectivity index is 2.48. The maximum atomic E-state index is 12.0. The highest BCUT2D eigenvalue weighted by Gasteiger charge is 2.33. The first-order valence-corrected chi connectivity index (χ1v) is 9.91. The lowest BCUT2D eigenvalue weighted by Crippen LogP contribution is -2.56. The second-order valence-corrected chi connectivity index (χ2v) is 9.35. The van der Waals surface area contributed by atoms with Gasteiger partial charge in [-0.15, -0.1) is 0 Å². The lowest BCUT2D eigenvalue weighted by atomic mass is 9.88. The van der Waals surface area contributed by atoms with E-state index in [0.717, 1.165) is 13.1 Å². The normalized spacial score (nSPS) is 24.1.